The van der Waals surface area contributed by atoms with Gasteiger partial charge in [-0.05, 0) is 42.7 Å². The molecule has 1 unspecified atom stereocenters. The van der Waals surface area contributed by atoms with E-state index in [2.05, 4.69) is 28.1 Å². The highest BCUT2D eigenvalue weighted by Gasteiger charge is 2.19. The van der Waals surface area contributed by atoms with Crippen LogP contribution in [-0.2, 0) is 0 Å². The maximum Gasteiger partial charge on any atom is 0.0994 e. The van der Waals surface area contributed by atoms with Gasteiger partial charge in [0.2, 0.25) is 0 Å². The Morgan fingerprint density at radius 3 is 2.28 bits per heavy atom. The maximum atomic E-state index is 6.53. The minimum absolute atomic E-state index is 0.270. The molecule has 96 valence electrons. The van der Waals surface area contributed by atoms with Gasteiger partial charge in [0, 0.05) is 10.0 Å². The van der Waals surface area contributed by atoms with Crippen molar-refractivity contribution in [2.45, 2.75) is 19.2 Å². The van der Waals surface area contributed by atoms with E-state index in [1.54, 1.807) is 0 Å². The summed E-state index contributed by atoms with van der Waals surface area (Å²) in [4.78, 5) is 0. The lowest BCUT2D eigenvalue weighted by atomic mass is 9.99. The number of rotatable bonds is 2. The molecule has 0 aliphatic rings. The van der Waals surface area contributed by atoms with Crippen molar-refractivity contribution in [2.75, 3.05) is 0 Å². The highest BCUT2D eigenvalue weighted by atomic mass is 79.9. The highest BCUT2D eigenvalue weighted by molar-refractivity contribution is 9.10. The van der Waals surface area contributed by atoms with E-state index in [-0.39, 0.29) is 5.38 Å². The molecule has 5 heteroatoms. The number of thiophene rings is 1. The van der Waals surface area contributed by atoms with Crippen molar-refractivity contribution in [3.63, 3.8) is 0 Å². The first-order valence-corrected chi connectivity index (χ1v) is 8.05. The molecule has 1 atom stereocenters. The molecule has 0 radical (unpaired) electrons. The van der Waals surface area contributed by atoms with Crippen molar-refractivity contribution < 1.29 is 0 Å². The van der Waals surface area contributed by atoms with E-state index in [0.29, 0.717) is 8.67 Å². The van der Waals surface area contributed by atoms with Gasteiger partial charge in [0.1, 0.15) is 0 Å². The van der Waals surface area contributed by atoms with Gasteiger partial charge in [0.05, 0.1) is 14.0 Å². The van der Waals surface area contributed by atoms with Crippen LogP contribution in [0.1, 0.15) is 27.6 Å². The molecule has 0 fully saturated rings. The smallest absolute Gasteiger partial charge is 0.0994 e. The van der Waals surface area contributed by atoms with E-state index in [0.717, 1.165) is 26.7 Å². The molecule has 0 bridgehead atoms. The van der Waals surface area contributed by atoms with Crippen molar-refractivity contribution in [1.29, 1.82) is 0 Å². The second-order valence-electron chi connectivity index (χ2n) is 4.10. The van der Waals surface area contributed by atoms with Crippen LogP contribution in [0.3, 0.4) is 0 Å². The van der Waals surface area contributed by atoms with Crippen molar-refractivity contribution in [1.82, 2.24) is 0 Å². The predicted octanol–water partition coefficient (Wildman–Crippen LogP) is 6.76. The molecule has 0 N–H and O–H groups in total. The molecule has 0 amide bonds. The molecule has 0 aliphatic heterocycles. The van der Waals surface area contributed by atoms with Gasteiger partial charge >= 0.3 is 0 Å². The number of halogens is 4. The van der Waals surface area contributed by atoms with Gasteiger partial charge < -0.3 is 0 Å². The van der Waals surface area contributed by atoms with Crippen LogP contribution in [-0.4, -0.2) is 0 Å². The van der Waals surface area contributed by atoms with Crippen LogP contribution in [0.25, 0.3) is 0 Å². The summed E-state index contributed by atoms with van der Waals surface area (Å²) >= 11 is 23.5. The third kappa shape index (κ3) is 2.88. The normalized spacial score (nSPS) is 12.8. The Balaban J connectivity index is 2.49. The van der Waals surface area contributed by atoms with Crippen molar-refractivity contribution in [3.8, 4) is 0 Å². The van der Waals surface area contributed by atoms with Gasteiger partial charge in [-0.3, -0.25) is 0 Å². The van der Waals surface area contributed by atoms with Crippen molar-refractivity contribution in [3.05, 3.63) is 53.6 Å². The molecule has 2 rings (SSSR count). The van der Waals surface area contributed by atoms with Crippen LogP contribution in [0.5, 0.6) is 0 Å². The topological polar surface area (TPSA) is 0 Å². The lowest BCUT2D eigenvalue weighted by Crippen LogP contribution is -1.97. The van der Waals surface area contributed by atoms with Gasteiger partial charge in [-0.1, -0.05) is 45.2 Å². The molecule has 1 aromatic carbocycles. The first-order valence-electron chi connectivity index (χ1n) is 5.25. The maximum absolute atomic E-state index is 6.53. The number of benzene rings is 1. The number of hydrogen-bond donors (Lipinski definition) is 0. The summed E-state index contributed by atoms with van der Waals surface area (Å²) in [5, 5.41) is -0.270. The molecule has 1 heterocycles. The average molecular weight is 385 g/mol. The van der Waals surface area contributed by atoms with Crippen LogP contribution in [0.4, 0.5) is 0 Å². The quantitative estimate of drug-likeness (QED) is 0.502. The summed E-state index contributed by atoms with van der Waals surface area (Å²) in [6.07, 6.45) is 0. The highest BCUT2D eigenvalue weighted by Crippen LogP contribution is 2.42. The summed E-state index contributed by atoms with van der Waals surface area (Å²) in [5.41, 5.74) is 4.22. The number of alkyl halides is 1. The molecule has 1 aromatic heterocycles. The van der Waals surface area contributed by atoms with Gasteiger partial charge in [-0.2, -0.15) is 0 Å². The fourth-order valence-electron chi connectivity index (χ4n) is 1.77. The summed E-state index contributed by atoms with van der Waals surface area (Å²) in [5.74, 6) is 0. The number of hydrogen-bond acceptors (Lipinski definition) is 1. The molecular weight excluding hydrogens is 374 g/mol. The van der Waals surface area contributed by atoms with Crippen LogP contribution in [0, 0.1) is 13.8 Å². The molecule has 18 heavy (non-hydrogen) atoms. The second-order valence-corrected chi connectivity index (χ2v) is 7.68. The molecule has 2 aromatic rings. The third-order valence-corrected chi connectivity index (χ3v) is 5.62. The Hall–Kier alpha value is 0.270. The Morgan fingerprint density at radius 1 is 1.06 bits per heavy atom. The minimum atomic E-state index is -0.270. The third-order valence-electron chi connectivity index (χ3n) is 2.78. The minimum Gasteiger partial charge on any atom is -0.112 e. The lowest BCUT2D eigenvalue weighted by Gasteiger charge is -2.14. The summed E-state index contributed by atoms with van der Waals surface area (Å²) in [7, 11) is 0. The fourth-order valence-corrected chi connectivity index (χ4v) is 4.29. The van der Waals surface area contributed by atoms with E-state index in [1.165, 1.54) is 11.3 Å². The summed E-state index contributed by atoms with van der Waals surface area (Å²) in [6, 6.07) is 5.99. The van der Waals surface area contributed by atoms with Gasteiger partial charge in [0.25, 0.3) is 0 Å². The first kappa shape index (κ1) is 14.7. The van der Waals surface area contributed by atoms with Gasteiger partial charge in [-0.15, -0.1) is 22.9 Å². The zero-order chi connectivity index (χ0) is 13.4. The van der Waals surface area contributed by atoms with E-state index < -0.39 is 0 Å². The SMILES string of the molecule is Cc1cc(C(Cl)c2cc(Cl)sc2Cl)c(C)cc1Br. The number of aryl methyl sites for hydroxylation is 2. The van der Waals surface area contributed by atoms with Crippen LogP contribution in [0.15, 0.2) is 22.7 Å². The van der Waals surface area contributed by atoms with E-state index >= 15 is 0 Å². The van der Waals surface area contributed by atoms with E-state index in [9.17, 15) is 0 Å². The molecule has 0 nitrogen and oxygen atoms in total. The van der Waals surface area contributed by atoms with Crippen LogP contribution >= 0.6 is 62.1 Å². The predicted molar refractivity (Wildman–Crippen MR) is 85.7 cm³/mol. The Kier molecular flexibility index (Phi) is 4.66. The van der Waals surface area contributed by atoms with Gasteiger partial charge in [-0.25, -0.2) is 0 Å². The molecule has 0 spiro atoms. The Labute approximate surface area is 134 Å². The van der Waals surface area contributed by atoms with Crippen molar-refractivity contribution in [2.24, 2.45) is 0 Å². The van der Waals surface area contributed by atoms with E-state index in [1.807, 2.05) is 19.9 Å². The lowest BCUT2D eigenvalue weighted by molar-refractivity contribution is 1.11. The molecule has 0 saturated carbocycles. The van der Waals surface area contributed by atoms with Crippen molar-refractivity contribution >= 4 is 62.1 Å². The Bertz CT molecular complexity index is 592. The second kappa shape index (κ2) is 5.72. The van der Waals surface area contributed by atoms with Gasteiger partial charge in [0.15, 0.2) is 0 Å². The molecule has 0 aliphatic carbocycles. The van der Waals surface area contributed by atoms with E-state index in [4.69, 9.17) is 34.8 Å². The zero-order valence-electron chi connectivity index (χ0n) is 9.73. The summed E-state index contributed by atoms with van der Waals surface area (Å²) < 4.78 is 2.40. The van der Waals surface area contributed by atoms with Crippen LogP contribution < -0.4 is 0 Å². The standard InChI is InChI=1S/C13H10BrCl3S/c1-6-4-10(14)7(2)3-8(6)12(16)9-5-11(15)18-13(9)17/h3-5,12H,1-2H3. The zero-order valence-corrected chi connectivity index (χ0v) is 14.4. The molecule has 0 saturated heterocycles. The summed E-state index contributed by atoms with van der Waals surface area (Å²) in [6.45, 7) is 4.08. The monoisotopic (exact) mass is 382 g/mol. The Morgan fingerprint density at radius 2 is 1.72 bits per heavy atom. The fraction of sp³-hybridized carbons (Fsp3) is 0.231. The largest absolute Gasteiger partial charge is 0.112 e. The van der Waals surface area contributed by atoms with Crippen LogP contribution in [0.2, 0.25) is 8.67 Å². The molecular formula is C13H10BrCl3S. The first-order chi connectivity index (χ1) is 8.40. The average Bonchev–Trinajstić information content (AvgIpc) is 2.62.